The Labute approximate surface area is 292 Å². The third-order valence-electron chi connectivity index (χ3n) is 9.94. The maximum atomic E-state index is 12.5. The van der Waals surface area contributed by atoms with Crippen molar-refractivity contribution in [1.82, 2.24) is 5.06 Å². The zero-order chi connectivity index (χ0) is 34.3. The summed E-state index contributed by atoms with van der Waals surface area (Å²) in [7, 11) is 0. The zero-order valence-corrected chi connectivity index (χ0v) is 32.0. The second-order valence-electron chi connectivity index (χ2n) is 14.7. The number of ether oxygens (including phenoxy) is 2. The highest BCUT2D eigenvalue weighted by Gasteiger charge is 2.40. The van der Waals surface area contributed by atoms with Crippen LogP contribution in [0.4, 0.5) is 0 Å². The number of aliphatic hydroxyl groups excluding tert-OH is 1. The molecule has 0 radical (unpaired) electrons. The molecule has 2 unspecified atom stereocenters. The molecular weight excluding hydrogens is 586 g/mol. The van der Waals surface area contributed by atoms with Crippen molar-refractivity contribution in [1.29, 1.82) is 0 Å². The monoisotopic (exact) mass is 668 g/mol. The van der Waals surface area contributed by atoms with Crippen LogP contribution in [0.25, 0.3) is 0 Å². The first kappa shape index (κ1) is 44.3. The van der Waals surface area contributed by atoms with Crippen LogP contribution in [0, 0.1) is 0 Å². The lowest BCUT2D eigenvalue weighted by atomic mass is 9.99. The molecule has 6 heteroatoms. The van der Waals surface area contributed by atoms with Crippen LogP contribution in [0.15, 0.2) is 0 Å². The fourth-order valence-corrected chi connectivity index (χ4v) is 6.88. The third kappa shape index (κ3) is 25.0. The first-order valence-electron chi connectivity index (χ1n) is 20.9. The summed E-state index contributed by atoms with van der Waals surface area (Å²) in [4.78, 5) is 18.3. The van der Waals surface area contributed by atoms with E-state index in [2.05, 4.69) is 27.7 Å². The van der Waals surface area contributed by atoms with Gasteiger partial charge < -0.3 is 19.4 Å². The number of carbonyl (C=O) groups is 1. The number of hydroxylamine groups is 2. The van der Waals surface area contributed by atoms with Gasteiger partial charge in [-0.25, -0.2) is 0 Å². The lowest BCUT2D eigenvalue weighted by Crippen LogP contribution is -2.35. The highest BCUT2D eigenvalue weighted by molar-refractivity contribution is 5.68. The highest BCUT2D eigenvalue weighted by Crippen LogP contribution is 2.36. The molecule has 1 saturated heterocycles. The third-order valence-corrected chi connectivity index (χ3v) is 9.94. The van der Waals surface area contributed by atoms with Crippen molar-refractivity contribution < 1.29 is 24.2 Å². The molecule has 0 spiro atoms. The fraction of sp³-hybridized carbons (Fsp3) is 0.976. The quantitative estimate of drug-likeness (QED) is 0.0536. The standard InChI is InChI=1S/C41H81NO5/c1-5-9-13-16-17-18-19-20-25-30-38(43)36-42(47-40(44)32-24-12-8-4)35-29-23-26-31-39-37-45-41(46-39,33-27-21-14-10-6-2)34-28-22-15-11-7-3/h38-39,43H,5-37H2,1-4H3. The van der Waals surface area contributed by atoms with E-state index < -0.39 is 6.10 Å². The van der Waals surface area contributed by atoms with Crippen LogP contribution in [-0.2, 0) is 19.1 Å². The maximum Gasteiger partial charge on any atom is 0.325 e. The topological polar surface area (TPSA) is 68.2 Å². The lowest BCUT2D eigenvalue weighted by Gasteiger charge is -2.28. The zero-order valence-electron chi connectivity index (χ0n) is 32.0. The van der Waals surface area contributed by atoms with E-state index in [1.165, 1.54) is 116 Å². The molecule has 6 nitrogen and oxygen atoms in total. The summed E-state index contributed by atoms with van der Waals surface area (Å²) in [6, 6.07) is 0. The Bertz CT molecular complexity index is 675. The van der Waals surface area contributed by atoms with Crippen LogP contribution < -0.4 is 0 Å². The van der Waals surface area contributed by atoms with Gasteiger partial charge in [0.25, 0.3) is 0 Å². The van der Waals surface area contributed by atoms with Crippen molar-refractivity contribution in [2.75, 3.05) is 19.7 Å². The van der Waals surface area contributed by atoms with Gasteiger partial charge in [-0.05, 0) is 38.5 Å². The molecule has 1 fully saturated rings. The Hall–Kier alpha value is -0.690. The molecule has 280 valence electrons. The molecule has 1 aliphatic rings. The molecule has 0 amide bonds. The number of rotatable bonds is 35. The predicted molar refractivity (Wildman–Crippen MR) is 198 cm³/mol. The first-order chi connectivity index (χ1) is 23.0. The van der Waals surface area contributed by atoms with Gasteiger partial charge in [-0.15, -0.1) is 5.06 Å². The van der Waals surface area contributed by atoms with E-state index in [-0.39, 0.29) is 17.9 Å². The normalized spacial score (nSPS) is 16.7. The molecule has 1 aliphatic heterocycles. The van der Waals surface area contributed by atoms with Crippen molar-refractivity contribution in [3.63, 3.8) is 0 Å². The van der Waals surface area contributed by atoms with Crippen molar-refractivity contribution in [3.8, 4) is 0 Å². The Morgan fingerprint density at radius 3 is 1.74 bits per heavy atom. The van der Waals surface area contributed by atoms with Gasteiger partial charge in [-0.2, -0.15) is 0 Å². The molecule has 0 aromatic rings. The summed E-state index contributed by atoms with van der Waals surface area (Å²) >= 11 is 0. The van der Waals surface area contributed by atoms with Crippen LogP contribution in [-0.4, -0.2) is 53.8 Å². The molecule has 0 aliphatic carbocycles. The average Bonchev–Trinajstić information content (AvgIpc) is 3.46. The Morgan fingerprint density at radius 2 is 1.17 bits per heavy atom. The largest absolute Gasteiger partial charge is 0.392 e. The molecule has 2 atom stereocenters. The van der Waals surface area contributed by atoms with Crippen molar-refractivity contribution in [2.24, 2.45) is 0 Å². The predicted octanol–water partition coefficient (Wildman–Crippen LogP) is 12.0. The van der Waals surface area contributed by atoms with Crippen LogP contribution in [0.5, 0.6) is 0 Å². The molecule has 1 heterocycles. The molecule has 0 aromatic heterocycles. The molecule has 0 aromatic carbocycles. The highest BCUT2D eigenvalue weighted by atomic mass is 16.7. The van der Waals surface area contributed by atoms with Crippen molar-refractivity contribution >= 4 is 5.97 Å². The van der Waals surface area contributed by atoms with Gasteiger partial charge in [-0.1, -0.05) is 163 Å². The molecule has 1 N–H and O–H groups in total. The fourth-order valence-electron chi connectivity index (χ4n) is 6.88. The summed E-state index contributed by atoms with van der Waals surface area (Å²) in [5, 5.41) is 12.5. The lowest BCUT2D eigenvalue weighted by molar-refractivity contribution is -0.196. The molecule has 0 bridgehead atoms. The second kappa shape index (κ2) is 31.3. The second-order valence-corrected chi connectivity index (χ2v) is 14.7. The van der Waals surface area contributed by atoms with E-state index in [0.717, 1.165) is 77.2 Å². The van der Waals surface area contributed by atoms with Gasteiger partial charge in [0.05, 0.1) is 25.4 Å². The van der Waals surface area contributed by atoms with E-state index in [1.807, 2.05) is 0 Å². The number of aliphatic hydroxyl groups is 1. The van der Waals surface area contributed by atoms with E-state index in [9.17, 15) is 9.90 Å². The minimum atomic E-state index is -0.455. The summed E-state index contributed by atoms with van der Waals surface area (Å²) in [6.45, 7) is 10.8. The molecule has 0 saturated carbocycles. The Kier molecular flexibility index (Phi) is 29.5. The van der Waals surface area contributed by atoms with E-state index in [1.54, 1.807) is 5.06 Å². The minimum Gasteiger partial charge on any atom is -0.392 e. The summed E-state index contributed by atoms with van der Waals surface area (Å²) in [5.41, 5.74) is 0. The number of hydrogen-bond donors (Lipinski definition) is 1. The van der Waals surface area contributed by atoms with Crippen LogP contribution in [0.3, 0.4) is 0 Å². The maximum absolute atomic E-state index is 12.5. The van der Waals surface area contributed by atoms with Crippen molar-refractivity contribution in [3.05, 3.63) is 0 Å². The van der Waals surface area contributed by atoms with Gasteiger partial charge in [0.1, 0.15) is 0 Å². The summed E-state index contributed by atoms with van der Waals surface area (Å²) in [5.74, 6) is -0.526. The smallest absolute Gasteiger partial charge is 0.325 e. The Balaban J connectivity index is 2.44. The van der Waals surface area contributed by atoms with Crippen molar-refractivity contribution in [2.45, 2.75) is 238 Å². The van der Waals surface area contributed by atoms with Crippen LogP contribution in [0.1, 0.15) is 220 Å². The molecular formula is C41H81NO5. The summed E-state index contributed by atoms with van der Waals surface area (Å²) in [6.07, 6.45) is 34.4. The number of hydrogen-bond acceptors (Lipinski definition) is 6. The number of carbonyl (C=O) groups excluding carboxylic acids is 1. The first-order valence-corrected chi connectivity index (χ1v) is 20.9. The van der Waals surface area contributed by atoms with E-state index >= 15 is 0 Å². The van der Waals surface area contributed by atoms with Gasteiger partial charge in [0.15, 0.2) is 5.79 Å². The molecule has 1 rings (SSSR count). The SMILES string of the molecule is CCCCCCCCCCCC(O)CN(CCCCCC1COC(CCCCCCC)(CCCCCCC)O1)OC(=O)CCCCC. The van der Waals surface area contributed by atoms with Gasteiger partial charge in [-0.3, -0.25) is 4.79 Å². The van der Waals surface area contributed by atoms with Crippen LogP contribution in [0.2, 0.25) is 0 Å². The van der Waals surface area contributed by atoms with Crippen LogP contribution >= 0.6 is 0 Å². The summed E-state index contributed by atoms with van der Waals surface area (Å²) < 4.78 is 13.1. The van der Waals surface area contributed by atoms with Gasteiger partial charge in [0.2, 0.25) is 0 Å². The van der Waals surface area contributed by atoms with E-state index in [0.29, 0.717) is 19.5 Å². The number of nitrogens with zero attached hydrogens (tertiary/aromatic N) is 1. The van der Waals surface area contributed by atoms with Gasteiger partial charge in [0, 0.05) is 25.8 Å². The number of unbranched alkanes of at least 4 members (excludes halogenated alkanes) is 20. The molecule has 47 heavy (non-hydrogen) atoms. The average molecular weight is 668 g/mol. The Morgan fingerprint density at radius 1 is 0.681 bits per heavy atom. The minimum absolute atomic E-state index is 0.161. The van der Waals surface area contributed by atoms with Gasteiger partial charge >= 0.3 is 5.97 Å². The van der Waals surface area contributed by atoms with E-state index in [4.69, 9.17) is 14.3 Å².